The van der Waals surface area contributed by atoms with Gasteiger partial charge in [0.05, 0.1) is 24.0 Å². The van der Waals surface area contributed by atoms with Crippen LogP contribution in [-0.2, 0) is 11.2 Å². The summed E-state index contributed by atoms with van der Waals surface area (Å²) in [7, 11) is 0. The van der Waals surface area contributed by atoms with E-state index in [9.17, 15) is 9.90 Å². The van der Waals surface area contributed by atoms with E-state index in [1.165, 1.54) is 0 Å². The van der Waals surface area contributed by atoms with Crippen LogP contribution in [-0.4, -0.2) is 52.4 Å². The van der Waals surface area contributed by atoms with Crippen LogP contribution in [0.4, 0.5) is 5.95 Å². The summed E-state index contributed by atoms with van der Waals surface area (Å²) in [5.74, 6) is 0.671. The van der Waals surface area contributed by atoms with Gasteiger partial charge < -0.3 is 21.1 Å². The van der Waals surface area contributed by atoms with E-state index in [4.69, 9.17) is 10.7 Å². The predicted octanol–water partition coefficient (Wildman–Crippen LogP) is -0.281. The van der Waals surface area contributed by atoms with Gasteiger partial charge in [-0.25, -0.2) is 20.8 Å². The number of nitrogens with two attached hydrogens (primary N) is 1. The second kappa shape index (κ2) is 7.55. The van der Waals surface area contributed by atoms with Crippen LogP contribution < -0.4 is 26.8 Å². The number of fused-ring (bicyclic) bond motifs is 1. The van der Waals surface area contributed by atoms with Gasteiger partial charge in [-0.2, -0.15) is 0 Å². The zero-order valence-electron chi connectivity index (χ0n) is 16.6. The van der Waals surface area contributed by atoms with Gasteiger partial charge in [-0.05, 0) is 31.1 Å². The van der Waals surface area contributed by atoms with E-state index < -0.39 is 0 Å². The summed E-state index contributed by atoms with van der Waals surface area (Å²) in [6.45, 7) is 5.95. The van der Waals surface area contributed by atoms with E-state index in [1.807, 2.05) is 6.20 Å². The first kappa shape index (κ1) is 19.5. The first-order chi connectivity index (χ1) is 13.3. The highest BCUT2D eigenvalue weighted by atomic mass is 16.3. The third-order valence-corrected chi connectivity index (χ3v) is 5.98. The Morgan fingerprint density at radius 2 is 2.11 bits per heavy atom. The summed E-state index contributed by atoms with van der Waals surface area (Å²) in [4.78, 5) is 24.3. The van der Waals surface area contributed by atoms with E-state index in [-0.39, 0.29) is 35.7 Å². The molecular formula is C19H31N7O2. The number of aliphatic hydroxyl groups excluding tert-OH is 1. The van der Waals surface area contributed by atoms with Crippen LogP contribution in [0.2, 0.25) is 0 Å². The van der Waals surface area contributed by atoms with Crippen molar-refractivity contribution in [1.82, 2.24) is 26.1 Å². The quantitative estimate of drug-likeness (QED) is 0.477. The molecule has 3 atom stereocenters. The number of nitrogens with zero attached hydrogens (tertiary/aromatic N) is 3. The standard InChI is InChI=1S/C19H31N7O2/c1-19(2)8-14(22-17(28)13-7-16(20)25-24-13)12-10-21-18(23-15(12)9-19)26-5-3-11(27)4-6-26/h10-11,13-14,16,24-25,27H,3-9,20H2,1-2H3,(H,22,28). The SMILES string of the molecule is CC1(C)Cc2nc(N3CCC(O)CC3)ncc2C(NC(=O)C2CC(N)NN2)C1. The predicted molar refractivity (Wildman–Crippen MR) is 105 cm³/mol. The molecule has 2 aliphatic heterocycles. The lowest BCUT2D eigenvalue weighted by molar-refractivity contribution is -0.124. The van der Waals surface area contributed by atoms with Crippen LogP contribution in [0.1, 0.15) is 56.8 Å². The van der Waals surface area contributed by atoms with Crippen molar-refractivity contribution in [2.24, 2.45) is 11.1 Å². The molecule has 0 aromatic carbocycles. The third kappa shape index (κ3) is 4.12. The average Bonchev–Trinajstić information content (AvgIpc) is 3.07. The minimum Gasteiger partial charge on any atom is -0.393 e. The fourth-order valence-electron chi connectivity index (χ4n) is 4.41. The average molecular weight is 390 g/mol. The first-order valence-corrected chi connectivity index (χ1v) is 10.2. The zero-order chi connectivity index (χ0) is 19.9. The van der Waals surface area contributed by atoms with Crippen LogP contribution >= 0.6 is 0 Å². The Hall–Kier alpha value is -1.81. The summed E-state index contributed by atoms with van der Waals surface area (Å²) in [6.07, 6.45) is 5.19. The van der Waals surface area contributed by atoms with Gasteiger partial charge in [-0.1, -0.05) is 13.8 Å². The molecule has 2 saturated heterocycles. The molecule has 1 aliphatic carbocycles. The van der Waals surface area contributed by atoms with Crippen LogP contribution in [0.3, 0.4) is 0 Å². The van der Waals surface area contributed by atoms with Gasteiger partial charge >= 0.3 is 0 Å². The Bertz CT molecular complexity index is 733. The summed E-state index contributed by atoms with van der Waals surface area (Å²) in [5, 5.41) is 12.9. The number of carbonyl (C=O) groups excluding carboxylic acids is 1. The Kier molecular flexibility index (Phi) is 5.26. The maximum Gasteiger partial charge on any atom is 0.239 e. The molecule has 0 radical (unpaired) electrons. The summed E-state index contributed by atoms with van der Waals surface area (Å²) in [5.41, 5.74) is 13.7. The van der Waals surface area contributed by atoms with E-state index in [1.54, 1.807) is 0 Å². The number of aliphatic hydroxyl groups is 1. The largest absolute Gasteiger partial charge is 0.393 e. The van der Waals surface area contributed by atoms with Crippen LogP contribution in [0, 0.1) is 5.41 Å². The molecule has 9 heteroatoms. The number of amides is 1. The normalized spacial score (nSPS) is 30.1. The molecule has 3 heterocycles. The lowest BCUT2D eigenvalue weighted by atomic mass is 9.74. The van der Waals surface area contributed by atoms with Crippen LogP contribution in [0.5, 0.6) is 0 Å². The Morgan fingerprint density at radius 3 is 2.79 bits per heavy atom. The van der Waals surface area contributed by atoms with Crippen LogP contribution in [0.15, 0.2) is 6.20 Å². The van der Waals surface area contributed by atoms with Gasteiger partial charge in [-0.3, -0.25) is 4.79 Å². The molecule has 9 nitrogen and oxygen atoms in total. The number of rotatable bonds is 3. The van der Waals surface area contributed by atoms with Gasteiger partial charge in [-0.15, -0.1) is 0 Å². The maximum atomic E-state index is 12.7. The number of nitrogens with one attached hydrogen (secondary N) is 3. The molecule has 28 heavy (non-hydrogen) atoms. The maximum absolute atomic E-state index is 12.7. The number of carbonyl (C=O) groups is 1. The monoisotopic (exact) mass is 389 g/mol. The van der Waals surface area contributed by atoms with E-state index in [2.05, 4.69) is 39.9 Å². The molecule has 1 aromatic rings. The van der Waals surface area contributed by atoms with Crippen molar-refractivity contribution in [1.29, 1.82) is 0 Å². The number of anilines is 1. The van der Waals surface area contributed by atoms with E-state index >= 15 is 0 Å². The highest BCUT2D eigenvalue weighted by molar-refractivity contribution is 5.82. The Balaban J connectivity index is 1.53. The number of aromatic nitrogens is 2. The number of hydrazine groups is 1. The lowest BCUT2D eigenvalue weighted by Gasteiger charge is -2.37. The van der Waals surface area contributed by atoms with Crippen molar-refractivity contribution in [2.75, 3.05) is 18.0 Å². The second-order valence-corrected chi connectivity index (χ2v) is 9.08. The molecule has 4 rings (SSSR count). The fraction of sp³-hybridized carbons (Fsp3) is 0.737. The molecule has 154 valence electrons. The zero-order valence-corrected chi connectivity index (χ0v) is 16.6. The van der Waals surface area contributed by atoms with Gasteiger partial charge in [0.1, 0.15) is 6.04 Å². The molecule has 0 saturated carbocycles. The van der Waals surface area contributed by atoms with Crippen LogP contribution in [0.25, 0.3) is 0 Å². The lowest BCUT2D eigenvalue weighted by Crippen LogP contribution is -2.46. The minimum absolute atomic E-state index is 0.0341. The number of hydrogen-bond donors (Lipinski definition) is 5. The smallest absolute Gasteiger partial charge is 0.239 e. The molecule has 1 amide bonds. The van der Waals surface area contributed by atoms with Crippen molar-refractivity contribution in [3.05, 3.63) is 17.5 Å². The minimum atomic E-state index is -0.330. The van der Waals surface area contributed by atoms with Gasteiger partial charge in [0.2, 0.25) is 11.9 Å². The third-order valence-electron chi connectivity index (χ3n) is 5.98. The highest BCUT2D eigenvalue weighted by Gasteiger charge is 2.37. The molecule has 2 fully saturated rings. The second-order valence-electron chi connectivity index (χ2n) is 9.08. The Morgan fingerprint density at radius 1 is 1.36 bits per heavy atom. The van der Waals surface area contributed by atoms with Crippen molar-refractivity contribution in [3.8, 4) is 0 Å². The van der Waals surface area contributed by atoms with Crippen molar-refractivity contribution < 1.29 is 9.90 Å². The topological polar surface area (TPSA) is 128 Å². The highest BCUT2D eigenvalue weighted by Crippen LogP contribution is 2.40. The molecule has 0 bridgehead atoms. The summed E-state index contributed by atoms with van der Waals surface area (Å²) < 4.78 is 0. The molecule has 0 spiro atoms. The molecule has 1 aromatic heterocycles. The van der Waals surface area contributed by atoms with Gasteiger partial charge in [0.15, 0.2) is 0 Å². The molecular weight excluding hydrogens is 358 g/mol. The Labute approximate surface area is 165 Å². The van der Waals surface area contributed by atoms with E-state index in [0.29, 0.717) is 6.42 Å². The van der Waals surface area contributed by atoms with Gasteiger partial charge in [0, 0.05) is 31.3 Å². The number of piperidine rings is 1. The van der Waals surface area contributed by atoms with E-state index in [0.717, 1.165) is 56.0 Å². The molecule has 3 aliphatic rings. The first-order valence-electron chi connectivity index (χ1n) is 10.2. The van der Waals surface area contributed by atoms with Gasteiger partial charge in [0.25, 0.3) is 0 Å². The van der Waals surface area contributed by atoms with Crippen molar-refractivity contribution >= 4 is 11.9 Å². The number of hydrogen-bond acceptors (Lipinski definition) is 8. The molecule has 6 N–H and O–H groups in total. The molecule has 3 unspecified atom stereocenters. The fourth-order valence-corrected chi connectivity index (χ4v) is 4.41. The van der Waals surface area contributed by atoms with Crippen molar-refractivity contribution in [3.63, 3.8) is 0 Å². The van der Waals surface area contributed by atoms with Crippen molar-refractivity contribution in [2.45, 2.75) is 70.3 Å². The summed E-state index contributed by atoms with van der Waals surface area (Å²) in [6, 6.07) is -0.439. The summed E-state index contributed by atoms with van der Waals surface area (Å²) >= 11 is 0.